The highest BCUT2D eigenvalue weighted by molar-refractivity contribution is 5.83. The zero-order valence-corrected chi connectivity index (χ0v) is 28.5. The second kappa shape index (κ2) is 14.2. The summed E-state index contributed by atoms with van der Waals surface area (Å²) in [7, 11) is 0. The minimum atomic E-state index is -0.277. The molecule has 7 heteroatoms. The van der Waals surface area contributed by atoms with E-state index in [0.29, 0.717) is 29.4 Å². The lowest BCUT2D eigenvalue weighted by molar-refractivity contribution is 0.260. The molecule has 3 heterocycles. The molecule has 1 N–H and O–H groups in total. The predicted octanol–water partition coefficient (Wildman–Crippen LogP) is 11.4. The number of nitrogens with one attached hydrogen (secondary N) is 1. The summed E-state index contributed by atoms with van der Waals surface area (Å²) in [5, 5.41) is 3.45. The molecule has 7 nitrogen and oxygen atoms in total. The Bertz CT molecular complexity index is 2410. The molecule has 0 fully saturated rings. The van der Waals surface area contributed by atoms with Gasteiger partial charge in [-0.05, 0) is 84.3 Å². The molecule has 8 rings (SSSR count). The second-order valence-electron chi connectivity index (χ2n) is 12.5. The fourth-order valence-corrected chi connectivity index (χ4v) is 6.31. The van der Waals surface area contributed by atoms with E-state index < -0.39 is 0 Å². The number of benzene rings is 5. The summed E-state index contributed by atoms with van der Waals surface area (Å²) >= 11 is 0. The first-order valence-electron chi connectivity index (χ1n) is 17.1. The molecule has 2 unspecified atom stereocenters. The van der Waals surface area contributed by atoms with Gasteiger partial charge in [-0.1, -0.05) is 98.1 Å². The van der Waals surface area contributed by atoms with Crippen molar-refractivity contribution < 1.29 is 13.6 Å². The van der Waals surface area contributed by atoms with Crippen LogP contribution in [0.5, 0.6) is 5.75 Å². The molecule has 1 aliphatic rings. The van der Waals surface area contributed by atoms with E-state index in [1.165, 1.54) is 0 Å². The van der Waals surface area contributed by atoms with E-state index in [1.54, 1.807) is 0 Å². The molecule has 2 atom stereocenters. The summed E-state index contributed by atoms with van der Waals surface area (Å²) in [6, 6.07) is 40.0. The van der Waals surface area contributed by atoms with E-state index in [4.69, 9.17) is 18.6 Å². The van der Waals surface area contributed by atoms with E-state index in [2.05, 4.69) is 77.4 Å². The minimum absolute atomic E-state index is 0.150. The second-order valence-corrected chi connectivity index (χ2v) is 12.5. The molecule has 0 aliphatic carbocycles. The van der Waals surface area contributed by atoms with Gasteiger partial charge in [0.25, 0.3) is 0 Å². The van der Waals surface area contributed by atoms with Gasteiger partial charge >= 0.3 is 0 Å². The number of rotatable bonds is 12. The third kappa shape index (κ3) is 6.67. The topological polar surface area (TPSA) is 76.6 Å². The van der Waals surface area contributed by atoms with Crippen LogP contribution in [0.1, 0.15) is 30.0 Å². The maximum atomic E-state index is 6.18. The highest BCUT2D eigenvalue weighted by Crippen LogP contribution is 2.38. The number of nitrogens with zero attached hydrogens (tertiary/aromatic N) is 3. The van der Waals surface area contributed by atoms with Gasteiger partial charge in [-0.15, -0.1) is 6.58 Å². The van der Waals surface area contributed by atoms with Crippen LogP contribution in [0.4, 0.5) is 11.4 Å². The zero-order chi connectivity index (χ0) is 35.4. The van der Waals surface area contributed by atoms with Gasteiger partial charge in [0, 0.05) is 22.5 Å². The molecule has 1 aliphatic heterocycles. The van der Waals surface area contributed by atoms with Crippen molar-refractivity contribution in [3.8, 4) is 16.9 Å². The van der Waals surface area contributed by atoms with Crippen LogP contribution in [0.15, 0.2) is 180 Å². The number of aromatic nitrogens is 2. The number of anilines is 2. The molecular weight excluding hydrogens is 645 g/mol. The summed E-state index contributed by atoms with van der Waals surface area (Å²) in [5.74, 6) is 1.84. The summed E-state index contributed by atoms with van der Waals surface area (Å²) < 4.78 is 18.3. The molecule has 5 aromatic carbocycles. The first-order chi connectivity index (χ1) is 25.5. The van der Waals surface area contributed by atoms with Gasteiger partial charge in [0.1, 0.15) is 16.8 Å². The zero-order valence-electron chi connectivity index (χ0n) is 28.5. The Morgan fingerprint density at radius 2 is 1.54 bits per heavy atom. The number of allylic oxidation sites excluding steroid dienone is 3. The lowest BCUT2D eigenvalue weighted by Crippen LogP contribution is -2.32. The molecule has 0 amide bonds. The molecule has 0 saturated carbocycles. The van der Waals surface area contributed by atoms with Crippen LogP contribution in [-0.4, -0.2) is 16.0 Å². The van der Waals surface area contributed by atoms with Crippen LogP contribution in [-0.2, 0) is 0 Å². The molecule has 254 valence electrons. The van der Waals surface area contributed by atoms with Crippen molar-refractivity contribution in [1.82, 2.24) is 9.97 Å². The molecular formula is C45H36N4O3. The van der Waals surface area contributed by atoms with E-state index in [-0.39, 0.29) is 12.3 Å². The van der Waals surface area contributed by atoms with Gasteiger partial charge in [-0.25, -0.2) is 9.97 Å². The van der Waals surface area contributed by atoms with E-state index in [1.807, 2.05) is 109 Å². The molecule has 0 radical (unpaired) electrons. The average molecular weight is 681 g/mol. The SMILES string of the molecule is C=CC(C/C=C/c1nc2ccccc2o1)N(C(=C)/C=C\C(=C)c1nc2ccc(-c3ccccc3)cc2o1)c1ccc(C2Nc3ccccc3O2)cc1. The number of fused-ring (bicyclic) bond motifs is 3. The van der Waals surface area contributed by atoms with Crippen molar-refractivity contribution in [3.63, 3.8) is 0 Å². The van der Waals surface area contributed by atoms with Crippen molar-refractivity contribution in [2.45, 2.75) is 18.7 Å². The fraction of sp³-hybridized carbons (Fsp3) is 0.0667. The largest absolute Gasteiger partial charge is 0.464 e. The molecule has 0 saturated heterocycles. The normalized spacial score (nSPS) is 14.3. The lowest BCUT2D eigenvalue weighted by atomic mass is 10.1. The maximum absolute atomic E-state index is 6.18. The van der Waals surface area contributed by atoms with E-state index in [0.717, 1.165) is 56.1 Å². The Balaban J connectivity index is 1.04. The van der Waals surface area contributed by atoms with Gasteiger partial charge in [0.2, 0.25) is 11.8 Å². The predicted molar refractivity (Wildman–Crippen MR) is 211 cm³/mol. The summed E-state index contributed by atoms with van der Waals surface area (Å²) in [6.07, 6.45) is 10.0. The van der Waals surface area contributed by atoms with Gasteiger partial charge in [-0.2, -0.15) is 0 Å². The van der Waals surface area contributed by atoms with Crippen LogP contribution < -0.4 is 15.0 Å². The van der Waals surface area contributed by atoms with Gasteiger partial charge < -0.3 is 23.8 Å². The third-order valence-corrected chi connectivity index (χ3v) is 9.00. The van der Waals surface area contributed by atoms with Crippen LogP contribution >= 0.6 is 0 Å². The number of hydrogen-bond donors (Lipinski definition) is 1. The van der Waals surface area contributed by atoms with Gasteiger partial charge in [0.15, 0.2) is 17.4 Å². The summed E-state index contributed by atoms with van der Waals surface area (Å²) in [4.78, 5) is 11.4. The number of para-hydroxylation sites is 4. The number of oxazole rings is 2. The van der Waals surface area contributed by atoms with Crippen molar-refractivity contribution >= 4 is 45.2 Å². The Morgan fingerprint density at radius 1 is 0.769 bits per heavy atom. The Hall–Kier alpha value is -6.86. The minimum Gasteiger partial charge on any atom is -0.464 e. The average Bonchev–Trinajstić information content (AvgIpc) is 3.93. The van der Waals surface area contributed by atoms with Crippen LogP contribution in [0.3, 0.4) is 0 Å². The smallest absolute Gasteiger partial charge is 0.226 e. The van der Waals surface area contributed by atoms with Crippen molar-refractivity contribution in [2.75, 3.05) is 10.2 Å². The first-order valence-corrected chi connectivity index (χ1v) is 17.1. The van der Waals surface area contributed by atoms with Gasteiger partial charge in [0.05, 0.1) is 11.7 Å². The lowest BCUT2D eigenvalue weighted by Gasteiger charge is -2.32. The monoisotopic (exact) mass is 680 g/mol. The van der Waals surface area contributed by atoms with Crippen LogP contribution in [0.25, 0.3) is 45.0 Å². The molecule has 0 spiro atoms. The van der Waals surface area contributed by atoms with E-state index >= 15 is 0 Å². The van der Waals surface area contributed by atoms with Crippen molar-refractivity contribution in [3.05, 3.63) is 188 Å². The Kier molecular flexibility index (Phi) is 8.82. The highest BCUT2D eigenvalue weighted by Gasteiger charge is 2.24. The third-order valence-electron chi connectivity index (χ3n) is 9.00. The molecule has 0 bridgehead atoms. The summed E-state index contributed by atoms with van der Waals surface area (Å²) in [5.41, 5.74) is 9.51. The van der Waals surface area contributed by atoms with Crippen molar-refractivity contribution in [1.29, 1.82) is 0 Å². The number of ether oxygens (including phenoxy) is 1. The standard InChI is InChI=1S/C45H36N4O3/c1-4-35(15-12-20-43-46-37-16-8-10-18-40(37)50-43)49(36-26-23-33(24-27-36)45-48-38-17-9-11-19-41(38)51-45)31(3)22-21-30(2)44-47-39-28-25-34(29-42(39)52-44)32-13-6-5-7-14-32/h4-14,16-29,35,45,48H,1-3,15H2/b20-12+,22-21-. The van der Waals surface area contributed by atoms with Gasteiger partial charge in [-0.3, -0.25) is 0 Å². The van der Waals surface area contributed by atoms with Crippen LogP contribution in [0.2, 0.25) is 0 Å². The highest BCUT2D eigenvalue weighted by atomic mass is 16.5. The fourth-order valence-electron chi connectivity index (χ4n) is 6.31. The van der Waals surface area contributed by atoms with Crippen molar-refractivity contribution in [2.24, 2.45) is 0 Å². The molecule has 52 heavy (non-hydrogen) atoms. The quantitative estimate of drug-likeness (QED) is 0.102. The number of hydrogen-bond acceptors (Lipinski definition) is 7. The van der Waals surface area contributed by atoms with Crippen LogP contribution in [0, 0.1) is 0 Å². The maximum Gasteiger partial charge on any atom is 0.226 e. The molecule has 2 aromatic heterocycles. The Labute approximate surface area is 302 Å². The first kappa shape index (κ1) is 32.4. The Morgan fingerprint density at radius 3 is 2.35 bits per heavy atom. The molecule has 7 aromatic rings. The van der Waals surface area contributed by atoms with E-state index in [9.17, 15) is 0 Å². The summed E-state index contributed by atoms with van der Waals surface area (Å²) in [6.45, 7) is 13.0.